The largest absolute Gasteiger partial charge is 0.354 e. The number of amides is 1. The van der Waals surface area contributed by atoms with Crippen LogP contribution < -0.4 is 15.4 Å². The zero-order valence-corrected chi connectivity index (χ0v) is 18.1. The maximum Gasteiger partial charge on any atom is 0.258 e. The Morgan fingerprint density at radius 3 is 2.29 bits per heavy atom. The van der Waals surface area contributed by atoms with Crippen LogP contribution in [0.3, 0.4) is 0 Å². The Kier molecular flexibility index (Phi) is 5.52. The quantitative estimate of drug-likeness (QED) is 0.492. The Morgan fingerprint density at radius 1 is 0.935 bits per heavy atom. The molecule has 158 valence electrons. The van der Waals surface area contributed by atoms with Crippen molar-refractivity contribution < 1.29 is 13.2 Å². The summed E-state index contributed by atoms with van der Waals surface area (Å²) in [6, 6.07) is 22.5. The van der Waals surface area contributed by atoms with Crippen LogP contribution >= 0.6 is 0 Å². The van der Waals surface area contributed by atoms with E-state index in [0.29, 0.717) is 28.2 Å². The van der Waals surface area contributed by atoms with E-state index in [2.05, 4.69) is 15.4 Å². The third-order valence-corrected chi connectivity index (χ3v) is 6.36. The van der Waals surface area contributed by atoms with Crippen molar-refractivity contribution in [3.05, 3.63) is 89.5 Å². The molecule has 3 aromatic carbocycles. The third kappa shape index (κ3) is 4.46. The Bertz CT molecular complexity index is 1270. The molecule has 31 heavy (non-hydrogen) atoms. The van der Waals surface area contributed by atoms with Gasteiger partial charge < -0.3 is 10.6 Å². The predicted molar refractivity (Wildman–Crippen MR) is 126 cm³/mol. The normalized spacial score (nSPS) is 14.6. The monoisotopic (exact) mass is 433 g/mol. The van der Waals surface area contributed by atoms with Crippen molar-refractivity contribution >= 4 is 44.3 Å². The molecule has 3 aromatic rings. The van der Waals surface area contributed by atoms with Crippen molar-refractivity contribution in [3.63, 3.8) is 0 Å². The first-order valence-electron chi connectivity index (χ1n) is 9.96. The number of carbonyl (C=O) groups excluding carboxylic acids is 1. The van der Waals surface area contributed by atoms with Crippen molar-refractivity contribution in [2.75, 3.05) is 21.1 Å². The Balaban J connectivity index is 1.86. The minimum Gasteiger partial charge on any atom is -0.354 e. The van der Waals surface area contributed by atoms with Crippen LogP contribution in [0, 0.1) is 6.92 Å². The van der Waals surface area contributed by atoms with Crippen molar-refractivity contribution in [2.24, 2.45) is 0 Å². The second-order valence-electron chi connectivity index (χ2n) is 7.33. The van der Waals surface area contributed by atoms with Crippen LogP contribution in [-0.2, 0) is 14.8 Å². The van der Waals surface area contributed by atoms with Crippen molar-refractivity contribution in [3.8, 4) is 0 Å². The molecule has 6 nitrogen and oxygen atoms in total. The van der Waals surface area contributed by atoms with Crippen molar-refractivity contribution in [1.29, 1.82) is 0 Å². The minimum absolute atomic E-state index is 0.0335. The molecule has 7 heteroatoms. The minimum atomic E-state index is -3.43. The maximum atomic E-state index is 13.0. The van der Waals surface area contributed by atoms with E-state index >= 15 is 0 Å². The number of carbonyl (C=O) groups is 1. The number of hydrogen-bond acceptors (Lipinski definition) is 4. The topological polar surface area (TPSA) is 87.3 Å². The molecule has 0 aromatic heterocycles. The van der Waals surface area contributed by atoms with Crippen LogP contribution in [0.25, 0.3) is 11.3 Å². The molecule has 0 aliphatic carbocycles. The highest BCUT2D eigenvalue weighted by Gasteiger charge is 2.29. The summed E-state index contributed by atoms with van der Waals surface area (Å²) >= 11 is 0. The second kappa shape index (κ2) is 8.28. The van der Waals surface area contributed by atoms with E-state index in [9.17, 15) is 13.2 Å². The van der Waals surface area contributed by atoms with Gasteiger partial charge in [-0.15, -0.1) is 0 Å². The summed E-state index contributed by atoms with van der Waals surface area (Å²) in [5.41, 5.74) is 5.63. The van der Waals surface area contributed by atoms with Gasteiger partial charge in [-0.25, -0.2) is 8.42 Å². The van der Waals surface area contributed by atoms with E-state index in [4.69, 9.17) is 0 Å². The summed E-state index contributed by atoms with van der Waals surface area (Å²) in [7, 11) is -3.43. The molecular weight excluding hydrogens is 410 g/mol. The molecule has 0 spiro atoms. The molecule has 1 aliphatic heterocycles. The SMILES string of the molecule is CCS(=O)(=O)Nc1ccc2c(c1)/C(=C(/Nc1ccc(C)cc1)c1ccccc1)C(=O)N2. The molecule has 1 heterocycles. The molecule has 1 aliphatic rings. The van der Waals surface area contributed by atoms with Gasteiger partial charge in [0.05, 0.1) is 17.0 Å². The first-order chi connectivity index (χ1) is 14.9. The van der Waals surface area contributed by atoms with E-state index in [1.165, 1.54) is 0 Å². The van der Waals surface area contributed by atoms with Gasteiger partial charge in [0, 0.05) is 22.6 Å². The Labute approximate surface area is 182 Å². The number of hydrogen-bond donors (Lipinski definition) is 3. The summed E-state index contributed by atoms with van der Waals surface area (Å²) in [5.74, 6) is -0.280. The molecule has 3 N–H and O–H groups in total. The number of fused-ring (bicyclic) bond motifs is 1. The first-order valence-corrected chi connectivity index (χ1v) is 11.6. The highest BCUT2D eigenvalue weighted by molar-refractivity contribution is 7.92. The molecule has 0 saturated heterocycles. The number of aryl methyl sites for hydroxylation is 1. The van der Waals surface area contributed by atoms with Gasteiger partial charge in [-0.3, -0.25) is 9.52 Å². The second-order valence-corrected chi connectivity index (χ2v) is 9.34. The van der Waals surface area contributed by atoms with Gasteiger partial charge in [-0.2, -0.15) is 0 Å². The van der Waals surface area contributed by atoms with Gasteiger partial charge in [-0.05, 0) is 49.7 Å². The molecule has 0 radical (unpaired) electrons. The molecule has 0 saturated carbocycles. The molecule has 0 fully saturated rings. The van der Waals surface area contributed by atoms with Gasteiger partial charge >= 0.3 is 0 Å². The lowest BCUT2D eigenvalue weighted by Gasteiger charge is -2.15. The van der Waals surface area contributed by atoms with Gasteiger partial charge in [0.2, 0.25) is 10.0 Å². The molecule has 1 amide bonds. The average Bonchev–Trinajstić information content (AvgIpc) is 3.08. The first kappa shape index (κ1) is 20.7. The van der Waals surface area contributed by atoms with E-state index in [1.54, 1.807) is 25.1 Å². The fourth-order valence-corrected chi connectivity index (χ4v) is 4.03. The third-order valence-electron chi connectivity index (χ3n) is 5.05. The lowest BCUT2D eigenvalue weighted by molar-refractivity contribution is -0.110. The van der Waals surface area contributed by atoms with Crippen LogP contribution in [0.1, 0.15) is 23.6 Å². The van der Waals surface area contributed by atoms with Crippen molar-refractivity contribution in [2.45, 2.75) is 13.8 Å². The fourth-order valence-electron chi connectivity index (χ4n) is 3.40. The van der Waals surface area contributed by atoms with Gasteiger partial charge in [0.25, 0.3) is 5.91 Å². The summed E-state index contributed by atoms with van der Waals surface area (Å²) in [5, 5.41) is 6.28. The summed E-state index contributed by atoms with van der Waals surface area (Å²) in [6.45, 7) is 3.59. The molecule has 4 rings (SSSR count). The Morgan fingerprint density at radius 2 is 1.61 bits per heavy atom. The summed E-state index contributed by atoms with van der Waals surface area (Å²) in [6.07, 6.45) is 0. The van der Waals surface area contributed by atoms with Crippen LogP contribution in [-0.4, -0.2) is 20.1 Å². The standard InChI is InChI=1S/C24H23N3O3S/c1-3-31(29,30)27-19-13-14-21-20(15-19)22(24(28)26-21)23(17-7-5-4-6-8-17)25-18-11-9-16(2)10-12-18/h4-15,25,27H,3H2,1-2H3,(H,26,28)/b23-22-. The molecular formula is C24H23N3O3S. The average molecular weight is 434 g/mol. The fraction of sp³-hybridized carbons (Fsp3) is 0.125. The highest BCUT2D eigenvalue weighted by Crippen LogP contribution is 2.39. The van der Waals surface area contributed by atoms with Gasteiger partial charge in [0.15, 0.2) is 0 Å². The number of anilines is 3. The van der Waals surface area contributed by atoms with Crippen LogP contribution in [0.4, 0.5) is 17.1 Å². The number of sulfonamides is 1. The van der Waals surface area contributed by atoms with E-state index in [0.717, 1.165) is 16.8 Å². The maximum absolute atomic E-state index is 13.0. The van der Waals surface area contributed by atoms with Gasteiger partial charge in [0.1, 0.15) is 0 Å². The lowest BCUT2D eigenvalue weighted by atomic mass is 9.99. The zero-order chi connectivity index (χ0) is 22.0. The number of benzene rings is 3. The number of nitrogens with one attached hydrogen (secondary N) is 3. The van der Waals surface area contributed by atoms with E-state index in [-0.39, 0.29) is 11.7 Å². The summed E-state index contributed by atoms with van der Waals surface area (Å²) in [4.78, 5) is 13.0. The van der Waals surface area contributed by atoms with Crippen LogP contribution in [0.2, 0.25) is 0 Å². The van der Waals surface area contributed by atoms with Crippen LogP contribution in [0.5, 0.6) is 0 Å². The highest BCUT2D eigenvalue weighted by atomic mass is 32.2. The predicted octanol–water partition coefficient (Wildman–Crippen LogP) is 4.69. The van der Waals surface area contributed by atoms with E-state index < -0.39 is 10.0 Å². The van der Waals surface area contributed by atoms with E-state index in [1.807, 2.05) is 61.5 Å². The van der Waals surface area contributed by atoms with Gasteiger partial charge in [-0.1, -0.05) is 48.0 Å². The van der Waals surface area contributed by atoms with Crippen LogP contribution in [0.15, 0.2) is 72.8 Å². The smallest absolute Gasteiger partial charge is 0.258 e. The summed E-state index contributed by atoms with van der Waals surface area (Å²) < 4.78 is 26.6. The molecule has 0 unspecified atom stereocenters. The molecule has 0 atom stereocenters. The Hall–Kier alpha value is -3.58. The lowest BCUT2D eigenvalue weighted by Crippen LogP contribution is -2.14. The zero-order valence-electron chi connectivity index (χ0n) is 17.3. The van der Waals surface area contributed by atoms with Crippen molar-refractivity contribution in [1.82, 2.24) is 0 Å². The number of rotatable bonds is 6. The molecule has 0 bridgehead atoms.